The standard InChI is InChI=1S/C25H34N4O/c1-18(30)8-10-21-22(26-2)11-12-23-25(21)28-24(13-9-19-6-4-3-5-7-19)29(23)20-14-16-27-17-15-20/h3-7,11-12,18,20,26-27,30H,8-10,13-17H2,1-2H3. The Hall–Kier alpha value is -2.37. The van der Waals surface area contributed by atoms with Gasteiger partial charge in [-0.05, 0) is 69.8 Å². The monoisotopic (exact) mass is 406 g/mol. The fourth-order valence-corrected chi connectivity index (χ4v) is 4.66. The molecule has 5 heteroatoms. The van der Waals surface area contributed by atoms with Gasteiger partial charge in [0.2, 0.25) is 0 Å². The van der Waals surface area contributed by atoms with Gasteiger partial charge in [-0.1, -0.05) is 30.3 Å². The van der Waals surface area contributed by atoms with Gasteiger partial charge in [0.05, 0.1) is 17.1 Å². The predicted octanol–water partition coefficient (Wildman–Crippen LogP) is 4.10. The van der Waals surface area contributed by atoms with Crippen LogP contribution in [-0.2, 0) is 19.3 Å². The van der Waals surface area contributed by atoms with Crippen LogP contribution in [0.1, 0.15) is 49.2 Å². The third-order valence-corrected chi connectivity index (χ3v) is 6.28. The van der Waals surface area contributed by atoms with Crippen LogP contribution in [-0.4, -0.2) is 40.9 Å². The number of aliphatic hydroxyl groups excluding tert-OH is 1. The van der Waals surface area contributed by atoms with Crippen molar-refractivity contribution in [1.29, 1.82) is 0 Å². The average molecular weight is 407 g/mol. The SMILES string of the molecule is CNc1ccc2c(nc(CCc3ccccc3)n2C2CCNCC2)c1CCC(C)O. The van der Waals surface area contributed by atoms with E-state index in [0.717, 1.165) is 62.8 Å². The van der Waals surface area contributed by atoms with E-state index < -0.39 is 0 Å². The summed E-state index contributed by atoms with van der Waals surface area (Å²) in [5, 5.41) is 16.7. The number of hydrogen-bond acceptors (Lipinski definition) is 4. The summed E-state index contributed by atoms with van der Waals surface area (Å²) in [4.78, 5) is 5.21. The molecular weight excluding hydrogens is 372 g/mol. The molecule has 3 aromatic rings. The summed E-state index contributed by atoms with van der Waals surface area (Å²) in [6, 6.07) is 15.6. The van der Waals surface area contributed by atoms with Crippen molar-refractivity contribution in [2.75, 3.05) is 25.5 Å². The Morgan fingerprint density at radius 1 is 1.10 bits per heavy atom. The molecule has 1 aliphatic heterocycles. The van der Waals surface area contributed by atoms with Gasteiger partial charge in [0, 0.05) is 30.8 Å². The molecule has 1 unspecified atom stereocenters. The van der Waals surface area contributed by atoms with E-state index in [0.29, 0.717) is 6.04 Å². The van der Waals surface area contributed by atoms with Gasteiger partial charge in [0.1, 0.15) is 5.82 Å². The number of rotatable bonds is 8. The average Bonchev–Trinajstić information content (AvgIpc) is 3.15. The Bertz CT molecular complexity index is 958. The lowest BCUT2D eigenvalue weighted by Crippen LogP contribution is -2.30. The minimum absolute atomic E-state index is 0.311. The number of fused-ring (bicyclic) bond motifs is 1. The Labute approximate surface area is 179 Å². The molecule has 2 aromatic carbocycles. The summed E-state index contributed by atoms with van der Waals surface area (Å²) in [7, 11) is 1.97. The van der Waals surface area contributed by atoms with E-state index in [1.165, 1.54) is 22.5 Å². The van der Waals surface area contributed by atoms with Crippen LogP contribution in [0.3, 0.4) is 0 Å². The maximum absolute atomic E-state index is 9.87. The molecule has 1 saturated heterocycles. The van der Waals surface area contributed by atoms with Crippen molar-refractivity contribution in [3.05, 3.63) is 59.4 Å². The van der Waals surface area contributed by atoms with E-state index in [-0.39, 0.29) is 6.10 Å². The van der Waals surface area contributed by atoms with Crippen LogP contribution < -0.4 is 10.6 Å². The number of aryl methyl sites for hydroxylation is 3. The van der Waals surface area contributed by atoms with E-state index in [1.54, 1.807) is 0 Å². The van der Waals surface area contributed by atoms with Crippen molar-refractivity contribution in [1.82, 2.24) is 14.9 Å². The van der Waals surface area contributed by atoms with Gasteiger partial charge in [-0.3, -0.25) is 0 Å². The van der Waals surface area contributed by atoms with Gasteiger partial charge in [0.15, 0.2) is 0 Å². The Balaban J connectivity index is 1.76. The number of hydrogen-bond donors (Lipinski definition) is 3. The first-order chi connectivity index (χ1) is 14.7. The fourth-order valence-electron chi connectivity index (χ4n) is 4.66. The molecule has 0 spiro atoms. The summed E-state index contributed by atoms with van der Waals surface area (Å²) < 4.78 is 2.52. The van der Waals surface area contributed by atoms with Crippen molar-refractivity contribution in [2.45, 2.75) is 57.6 Å². The molecule has 1 aliphatic rings. The number of anilines is 1. The van der Waals surface area contributed by atoms with Crippen LogP contribution in [0.15, 0.2) is 42.5 Å². The third-order valence-electron chi connectivity index (χ3n) is 6.28. The maximum atomic E-state index is 9.87. The van der Waals surface area contributed by atoms with Gasteiger partial charge in [-0.2, -0.15) is 0 Å². The quantitative estimate of drug-likeness (QED) is 0.527. The Morgan fingerprint density at radius 3 is 2.57 bits per heavy atom. The van der Waals surface area contributed by atoms with Crippen LogP contribution in [0.5, 0.6) is 0 Å². The second kappa shape index (κ2) is 9.63. The van der Waals surface area contributed by atoms with Gasteiger partial charge >= 0.3 is 0 Å². The lowest BCUT2D eigenvalue weighted by Gasteiger charge is -2.26. The normalized spacial score (nSPS) is 16.1. The highest BCUT2D eigenvalue weighted by atomic mass is 16.3. The molecule has 1 atom stereocenters. The fraction of sp³-hybridized carbons (Fsp3) is 0.480. The second-order valence-corrected chi connectivity index (χ2v) is 8.46. The molecule has 0 saturated carbocycles. The number of piperidine rings is 1. The number of nitrogens with zero attached hydrogens (tertiary/aromatic N) is 2. The van der Waals surface area contributed by atoms with Crippen LogP contribution in [0.4, 0.5) is 5.69 Å². The van der Waals surface area contributed by atoms with E-state index in [9.17, 15) is 5.11 Å². The second-order valence-electron chi connectivity index (χ2n) is 8.46. The summed E-state index contributed by atoms with van der Waals surface area (Å²) >= 11 is 0. The molecule has 1 aromatic heterocycles. The molecule has 3 N–H and O–H groups in total. The topological polar surface area (TPSA) is 62.1 Å². The summed E-state index contributed by atoms with van der Waals surface area (Å²) in [6.07, 6.45) is 5.47. The first-order valence-electron chi connectivity index (χ1n) is 11.3. The molecular formula is C25H34N4O. The predicted molar refractivity (Wildman–Crippen MR) is 124 cm³/mol. The molecule has 5 nitrogen and oxygen atoms in total. The molecule has 160 valence electrons. The molecule has 0 aliphatic carbocycles. The smallest absolute Gasteiger partial charge is 0.110 e. The summed E-state index contributed by atoms with van der Waals surface area (Å²) in [6.45, 7) is 3.98. The van der Waals surface area contributed by atoms with E-state index in [2.05, 4.69) is 57.7 Å². The lowest BCUT2D eigenvalue weighted by atomic mass is 10.0. The van der Waals surface area contributed by atoms with Crippen LogP contribution in [0.2, 0.25) is 0 Å². The van der Waals surface area contributed by atoms with E-state index in [4.69, 9.17) is 4.98 Å². The molecule has 0 radical (unpaired) electrons. The van der Waals surface area contributed by atoms with Gasteiger partial charge < -0.3 is 20.3 Å². The van der Waals surface area contributed by atoms with Gasteiger partial charge in [0.25, 0.3) is 0 Å². The largest absolute Gasteiger partial charge is 0.393 e. The summed E-state index contributed by atoms with van der Waals surface area (Å²) in [5.41, 5.74) is 6.04. The lowest BCUT2D eigenvalue weighted by molar-refractivity contribution is 0.185. The minimum atomic E-state index is -0.311. The number of imidazole rings is 1. The number of aromatic nitrogens is 2. The van der Waals surface area contributed by atoms with E-state index in [1.807, 2.05) is 14.0 Å². The first-order valence-corrected chi connectivity index (χ1v) is 11.3. The van der Waals surface area contributed by atoms with Gasteiger partial charge in [-0.25, -0.2) is 4.98 Å². The number of aliphatic hydroxyl groups is 1. The summed E-state index contributed by atoms with van der Waals surface area (Å²) in [5.74, 6) is 1.19. The highest BCUT2D eigenvalue weighted by molar-refractivity contribution is 5.85. The zero-order chi connectivity index (χ0) is 20.9. The number of benzene rings is 2. The Kier molecular flexibility index (Phi) is 6.70. The zero-order valence-corrected chi connectivity index (χ0v) is 18.2. The number of nitrogens with one attached hydrogen (secondary N) is 2. The zero-order valence-electron chi connectivity index (χ0n) is 18.2. The van der Waals surface area contributed by atoms with Gasteiger partial charge in [-0.15, -0.1) is 0 Å². The molecule has 0 bridgehead atoms. The maximum Gasteiger partial charge on any atom is 0.110 e. The first kappa shape index (κ1) is 20.9. The van der Waals surface area contributed by atoms with Crippen molar-refractivity contribution >= 4 is 16.7 Å². The highest BCUT2D eigenvalue weighted by Crippen LogP contribution is 2.33. The molecule has 1 fully saturated rings. The Morgan fingerprint density at radius 2 is 1.87 bits per heavy atom. The van der Waals surface area contributed by atoms with E-state index >= 15 is 0 Å². The molecule has 4 rings (SSSR count). The van der Waals surface area contributed by atoms with Crippen LogP contribution in [0, 0.1) is 0 Å². The minimum Gasteiger partial charge on any atom is -0.393 e. The molecule has 30 heavy (non-hydrogen) atoms. The molecule has 2 heterocycles. The van der Waals surface area contributed by atoms with Crippen LogP contribution in [0.25, 0.3) is 11.0 Å². The van der Waals surface area contributed by atoms with Crippen LogP contribution >= 0.6 is 0 Å². The van der Waals surface area contributed by atoms with Crippen molar-refractivity contribution in [3.8, 4) is 0 Å². The van der Waals surface area contributed by atoms with Crippen molar-refractivity contribution in [3.63, 3.8) is 0 Å². The van der Waals surface area contributed by atoms with Crippen molar-refractivity contribution < 1.29 is 5.11 Å². The molecule has 0 amide bonds. The highest BCUT2D eigenvalue weighted by Gasteiger charge is 2.23. The van der Waals surface area contributed by atoms with Crippen molar-refractivity contribution in [2.24, 2.45) is 0 Å². The third kappa shape index (κ3) is 4.52.